The number of carbonyl (C=O) groups excluding carboxylic acids is 1. The molecular weight excluding hydrogens is 354 g/mol. The van der Waals surface area contributed by atoms with Crippen LogP contribution in [0.15, 0.2) is 54.6 Å². The molecule has 4 N–H and O–H groups in total. The molecule has 1 fully saturated rings. The first-order valence-electron chi connectivity index (χ1n) is 9.70. The van der Waals surface area contributed by atoms with E-state index in [9.17, 15) is 9.90 Å². The molecule has 28 heavy (non-hydrogen) atoms. The van der Waals surface area contributed by atoms with Gasteiger partial charge in [0.15, 0.2) is 0 Å². The van der Waals surface area contributed by atoms with Gasteiger partial charge in [-0.3, -0.25) is 10.2 Å². The van der Waals surface area contributed by atoms with Crippen molar-refractivity contribution in [3.63, 3.8) is 0 Å². The van der Waals surface area contributed by atoms with E-state index in [-0.39, 0.29) is 36.6 Å². The second-order valence-electron chi connectivity index (χ2n) is 7.33. The minimum absolute atomic E-state index is 0.0355. The van der Waals surface area contributed by atoms with E-state index in [4.69, 9.17) is 4.74 Å². The number of aliphatic hydroxyl groups is 1. The Morgan fingerprint density at radius 2 is 1.86 bits per heavy atom. The van der Waals surface area contributed by atoms with Crippen LogP contribution in [0.25, 0.3) is 0 Å². The zero-order valence-electron chi connectivity index (χ0n) is 16.4. The summed E-state index contributed by atoms with van der Waals surface area (Å²) in [6.07, 6.45) is 0.991. The maximum absolute atomic E-state index is 12.7. The lowest BCUT2D eigenvalue weighted by Gasteiger charge is -2.23. The highest BCUT2D eigenvalue weighted by molar-refractivity contribution is 5.76. The Morgan fingerprint density at radius 3 is 2.50 bits per heavy atom. The van der Waals surface area contributed by atoms with Crippen LogP contribution in [0.4, 0.5) is 0 Å². The number of methoxy groups -OCH3 is 1. The predicted molar refractivity (Wildman–Crippen MR) is 109 cm³/mol. The molecule has 0 saturated carbocycles. The molecule has 0 bridgehead atoms. The zero-order valence-corrected chi connectivity index (χ0v) is 16.4. The highest BCUT2D eigenvalue weighted by atomic mass is 16.5. The van der Waals surface area contributed by atoms with Crippen molar-refractivity contribution in [2.24, 2.45) is 5.92 Å². The molecule has 3 unspecified atom stereocenters. The van der Waals surface area contributed by atoms with Crippen LogP contribution in [0.3, 0.4) is 0 Å². The maximum Gasteiger partial charge on any atom is 0.220 e. The lowest BCUT2D eigenvalue weighted by molar-refractivity contribution is -0.123. The van der Waals surface area contributed by atoms with E-state index in [1.807, 2.05) is 54.6 Å². The lowest BCUT2D eigenvalue weighted by atomic mass is 9.87. The van der Waals surface area contributed by atoms with Crippen molar-refractivity contribution < 1.29 is 14.6 Å². The van der Waals surface area contributed by atoms with Gasteiger partial charge in [-0.1, -0.05) is 42.5 Å². The van der Waals surface area contributed by atoms with Crippen LogP contribution < -0.4 is 20.9 Å². The van der Waals surface area contributed by atoms with Gasteiger partial charge < -0.3 is 15.2 Å². The van der Waals surface area contributed by atoms with Crippen molar-refractivity contribution >= 4 is 5.91 Å². The molecule has 1 heterocycles. The molecular formula is C22H29N3O3. The van der Waals surface area contributed by atoms with Gasteiger partial charge in [0.05, 0.1) is 25.8 Å². The van der Waals surface area contributed by atoms with Crippen LogP contribution in [-0.4, -0.2) is 36.8 Å². The Morgan fingerprint density at radius 1 is 1.14 bits per heavy atom. The Balaban J connectivity index is 1.61. The van der Waals surface area contributed by atoms with E-state index in [0.717, 1.165) is 16.9 Å². The molecule has 0 aliphatic carbocycles. The Hall–Kier alpha value is -2.41. The van der Waals surface area contributed by atoms with Crippen molar-refractivity contribution in [1.29, 1.82) is 0 Å². The predicted octanol–water partition coefficient (Wildman–Crippen LogP) is 1.96. The quantitative estimate of drug-likeness (QED) is 0.560. The standard InChI is InChI=1S/C22H29N3O3/c1-15-20(22(25-24-15)17-8-10-19(28-2)11-9-17)13-21(27)23-18(14-26)12-16-6-4-3-5-7-16/h3-11,15,18,20,22,24-26H,12-14H2,1-2H3,(H,23,27)/t15?,18-,20?,22?/m1/s1. The van der Waals surface area contributed by atoms with Crippen molar-refractivity contribution in [2.75, 3.05) is 13.7 Å². The fraction of sp³-hybridized carbons (Fsp3) is 0.409. The van der Waals surface area contributed by atoms with Gasteiger partial charge in [0.1, 0.15) is 5.75 Å². The van der Waals surface area contributed by atoms with Crippen molar-refractivity contribution in [3.8, 4) is 5.75 Å². The molecule has 2 aromatic carbocycles. The van der Waals surface area contributed by atoms with Gasteiger partial charge in [0.2, 0.25) is 5.91 Å². The Kier molecular flexibility index (Phi) is 7.03. The SMILES string of the molecule is COc1ccc(C2NNC(C)C2CC(=O)N[C@@H](CO)Cc2ccccc2)cc1. The number of hydrogen-bond acceptors (Lipinski definition) is 5. The summed E-state index contributed by atoms with van der Waals surface area (Å²) in [5.74, 6) is 0.865. The largest absolute Gasteiger partial charge is 0.497 e. The fourth-order valence-electron chi connectivity index (χ4n) is 3.72. The molecule has 1 saturated heterocycles. The van der Waals surface area contributed by atoms with Crippen LogP contribution in [-0.2, 0) is 11.2 Å². The Bertz CT molecular complexity index is 751. The smallest absolute Gasteiger partial charge is 0.220 e. The van der Waals surface area contributed by atoms with E-state index in [1.54, 1.807) is 7.11 Å². The first kappa shape index (κ1) is 20.3. The summed E-state index contributed by atoms with van der Waals surface area (Å²) in [4.78, 5) is 12.7. The summed E-state index contributed by atoms with van der Waals surface area (Å²) in [6.45, 7) is 1.99. The number of aliphatic hydroxyl groups excluding tert-OH is 1. The first-order chi connectivity index (χ1) is 13.6. The number of hydrazine groups is 1. The maximum atomic E-state index is 12.7. The van der Waals surface area contributed by atoms with E-state index >= 15 is 0 Å². The number of rotatable bonds is 8. The molecule has 0 aromatic heterocycles. The minimum Gasteiger partial charge on any atom is -0.497 e. The highest BCUT2D eigenvalue weighted by Crippen LogP contribution is 2.32. The second kappa shape index (κ2) is 9.68. The highest BCUT2D eigenvalue weighted by Gasteiger charge is 2.35. The topological polar surface area (TPSA) is 82.6 Å². The number of carbonyl (C=O) groups is 1. The summed E-state index contributed by atoms with van der Waals surface area (Å²) < 4.78 is 5.23. The van der Waals surface area contributed by atoms with Gasteiger partial charge >= 0.3 is 0 Å². The third kappa shape index (κ3) is 5.10. The number of amides is 1. The number of benzene rings is 2. The molecule has 1 aliphatic rings. The molecule has 1 amide bonds. The van der Waals surface area contributed by atoms with Crippen LogP contribution in [0.2, 0.25) is 0 Å². The number of ether oxygens (including phenoxy) is 1. The lowest BCUT2D eigenvalue weighted by Crippen LogP contribution is -2.41. The molecule has 4 atom stereocenters. The van der Waals surface area contributed by atoms with Gasteiger partial charge in [-0.2, -0.15) is 0 Å². The average Bonchev–Trinajstić information content (AvgIpc) is 3.08. The summed E-state index contributed by atoms with van der Waals surface area (Å²) in [7, 11) is 1.65. The van der Waals surface area contributed by atoms with Crippen molar-refractivity contribution in [2.45, 2.75) is 37.9 Å². The number of nitrogens with one attached hydrogen (secondary N) is 3. The molecule has 6 nitrogen and oxygen atoms in total. The summed E-state index contributed by atoms with van der Waals surface area (Å²) in [6, 6.07) is 17.7. The van der Waals surface area contributed by atoms with Gasteiger partial charge in [-0.15, -0.1) is 0 Å². The Labute approximate surface area is 166 Å². The van der Waals surface area contributed by atoms with E-state index in [1.165, 1.54) is 0 Å². The summed E-state index contributed by atoms with van der Waals surface area (Å²) in [5, 5.41) is 12.7. The van der Waals surface area contributed by atoms with E-state index in [0.29, 0.717) is 12.8 Å². The molecule has 0 spiro atoms. The van der Waals surface area contributed by atoms with Crippen LogP contribution in [0.1, 0.15) is 30.5 Å². The fourth-order valence-corrected chi connectivity index (χ4v) is 3.72. The minimum atomic E-state index is -0.285. The molecule has 0 radical (unpaired) electrons. The molecule has 150 valence electrons. The van der Waals surface area contributed by atoms with Crippen LogP contribution in [0, 0.1) is 5.92 Å². The first-order valence-corrected chi connectivity index (χ1v) is 9.70. The van der Waals surface area contributed by atoms with Gasteiger partial charge in [-0.05, 0) is 36.6 Å². The third-order valence-electron chi connectivity index (χ3n) is 5.34. The van der Waals surface area contributed by atoms with E-state index < -0.39 is 0 Å². The summed E-state index contributed by atoms with van der Waals surface area (Å²) in [5.41, 5.74) is 8.75. The van der Waals surface area contributed by atoms with Gasteiger partial charge in [0, 0.05) is 18.4 Å². The van der Waals surface area contributed by atoms with E-state index in [2.05, 4.69) is 23.1 Å². The van der Waals surface area contributed by atoms with Crippen molar-refractivity contribution in [3.05, 3.63) is 65.7 Å². The molecule has 2 aromatic rings. The van der Waals surface area contributed by atoms with Gasteiger partial charge in [-0.25, -0.2) is 5.43 Å². The molecule has 6 heteroatoms. The average molecular weight is 383 g/mol. The normalized spacial score (nSPS) is 22.6. The summed E-state index contributed by atoms with van der Waals surface area (Å²) >= 11 is 0. The second-order valence-corrected chi connectivity index (χ2v) is 7.33. The zero-order chi connectivity index (χ0) is 19.9. The van der Waals surface area contributed by atoms with Crippen LogP contribution >= 0.6 is 0 Å². The third-order valence-corrected chi connectivity index (χ3v) is 5.34. The molecule has 1 aliphatic heterocycles. The number of hydrogen-bond donors (Lipinski definition) is 4. The van der Waals surface area contributed by atoms with Crippen LogP contribution in [0.5, 0.6) is 5.75 Å². The van der Waals surface area contributed by atoms with Gasteiger partial charge in [0.25, 0.3) is 0 Å². The monoisotopic (exact) mass is 383 g/mol. The molecule has 3 rings (SSSR count). The van der Waals surface area contributed by atoms with Crippen molar-refractivity contribution in [1.82, 2.24) is 16.2 Å².